The zero-order valence-corrected chi connectivity index (χ0v) is 13.9. The molecule has 2 aromatic carbocycles. The summed E-state index contributed by atoms with van der Waals surface area (Å²) < 4.78 is 5.49. The summed E-state index contributed by atoms with van der Waals surface area (Å²) in [6.45, 7) is 6.04. The minimum absolute atomic E-state index is 0.822. The fraction of sp³-hybridized carbons (Fsp3) is 0.250. The maximum absolute atomic E-state index is 5.49. The van der Waals surface area contributed by atoms with Gasteiger partial charge in [-0.3, -0.25) is 0 Å². The molecule has 1 heterocycles. The molecule has 3 nitrogen and oxygen atoms in total. The molecule has 0 saturated heterocycles. The lowest BCUT2D eigenvalue weighted by Crippen LogP contribution is -2.22. The predicted octanol–water partition coefficient (Wildman–Crippen LogP) is 4.58. The molecule has 3 heteroatoms. The van der Waals surface area contributed by atoms with E-state index in [1.165, 1.54) is 11.3 Å². The molecule has 0 N–H and O–H groups in total. The minimum atomic E-state index is 0.822. The molecule has 3 rings (SSSR count). The van der Waals surface area contributed by atoms with Crippen LogP contribution < -0.4 is 9.64 Å². The maximum Gasteiger partial charge on any atom is 0.145 e. The van der Waals surface area contributed by atoms with Crippen LogP contribution in [0.15, 0.2) is 54.6 Å². The number of hydrogen-bond acceptors (Lipinski definition) is 3. The average molecular weight is 306 g/mol. The summed E-state index contributed by atoms with van der Waals surface area (Å²) in [7, 11) is 1.69. The lowest BCUT2D eigenvalue weighted by Gasteiger charge is -2.25. The Balaban J connectivity index is 2.10. The number of pyridine rings is 1. The Morgan fingerprint density at radius 1 is 1.04 bits per heavy atom. The van der Waals surface area contributed by atoms with Crippen molar-refractivity contribution in [3.05, 3.63) is 65.9 Å². The molecule has 0 fully saturated rings. The van der Waals surface area contributed by atoms with Gasteiger partial charge >= 0.3 is 0 Å². The van der Waals surface area contributed by atoms with Gasteiger partial charge < -0.3 is 9.64 Å². The number of rotatable bonds is 5. The Hall–Kier alpha value is -2.55. The monoisotopic (exact) mass is 306 g/mol. The van der Waals surface area contributed by atoms with Crippen molar-refractivity contribution in [2.75, 3.05) is 18.6 Å². The molecule has 0 aliphatic heterocycles. The van der Waals surface area contributed by atoms with Crippen molar-refractivity contribution >= 4 is 16.6 Å². The van der Waals surface area contributed by atoms with Gasteiger partial charge in [-0.1, -0.05) is 42.5 Å². The number of para-hydroxylation sites is 1. The van der Waals surface area contributed by atoms with Gasteiger partial charge in [-0.25, -0.2) is 4.98 Å². The van der Waals surface area contributed by atoms with Crippen LogP contribution in [0.3, 0.4) is 0 Å². The smallest absolute Gasteiger partial charge is 0.145 e. The number of aryl methyl sites for hydroxylation is 1. The van der Waals surface area contributed by atoms with E-state index in [2.05, 4.69) is 59.3 Å². The second-order valence-corrected chi connectivity index (χ2v) is 5.64. The Morgan fingerprint density at radius 3 is 2.52 bits per heavy atom. The number of ether oxygens (including phenoxy) is 1. The Kier molecular flexibility index (Phi) is 4.47. The van der Waals surface area contributed by atoms with Crippen LogP contribution in [0.25, 0.3) is 10.9 Å². The number of nitrogens with zero attached hydrogens (tertiary/aromatic N) is 2. The molecule has 0 bridgehead atoms. The second-order valence-electron chi connectivity index (χ2n) is 5.64. The molecule has 0 aliphatic carbocycles. The van der Waals surface area contributed by atoms with Crippen LogP contribution in [-0.2, 0) is 6.54 Å². The van der Waals surface area contributed by atoms with E-state index in [0.717, 1.165) is 35.4 Å². The van der Waals surface area contributed by atoms with Gasteiger partial charge in [-0.15, -0.1) is 0 Å². The molecule has 0 radical (unpaired) electrons. The first-order valence-corrected chi connectivity index (χ1v) is 7.96. The van der Waals surface area contributed by atoms with Crippen LogP contribution in [0.2, 0.25) is 0 Å². The van der Waals surface area contributed by atoms with Crippen LogP contribution in [0.4, 0.5) is 5.69 Å². The maximum atomic E-state index is 5.49. The summed E-state index contributed by atoms with van der Waals surface area (Å²) in [5.41, 5.74) is 4.44. The summed E-state index contributed by atoms with van der Waals surface area (Å²) in [5.74, 6) is 0.822. The van der Waals surface area contributed by atoms with Gasteiger partial charge in [0.05, 0.1) is 7.11 Å². The first kappa shape index (κ1) is 15.3. The molecule has 3 aromatic rings. The zero-order chi connectivity index (χ0) is 16.2. The lowest BCUT2D eigenvalue weighted by molar-refractivity contribution is 0.419. The van der Waals surface area contributed by atoms with Gasteiger partial charge in [0.1, 0.15) is 11.3 Å². The van der Waals surface area contributed by atoms with E-state index in [1.807, 2.05) is 19.1 Å². The summed E-state index contributed by atoms with van der Waals surface area (Å²) in [6, 6.07) is 18.8. The summed E-state index contributed by atoms with van der Waals surface area (Å²) >= 11 is 0. The van der Waals surface area contributed by atoms with Crippen molar-refractivity contribution < 1.29 is 4.74 Å². The molecule has 0 saturated carbocycles. The van der Waals surface area contributed by atoms with Gasteiger partial charge in [-0.05, 0) is 31.5 Å². The molecule has 0 unspecified atom stereocenters. The quantitative estimate of drug-likeness (QED) is 0.690. The number of aromatic nitrogens is 1. The van der Waals surface area contributed by atoms with E-state index in [9.17, 15) is 0 Å². The van der Waals surface area contributed by atoms with Crippen molar-refractivity contribution in [1.29, 1.82) is 0 Å². The number of anilines is 1. The van der Waals surface area contributed by atoms with Gasteiger partial charge in [-0.2, -0.15) is 0 Å². The van der Waals surface area contributed by atoms with E-state index in [1.54, 1.807) is 7.11 Å². The second kappa shape index (κ2) is 6.69. The van der Waals surface area contributed by atoms with Crippen LogP contribution in [-0.4, -0.2) is 18.6 Å². The molecule has 118 valence electrons. The van der Waals surface area contributed by atoms with Gasteiger partial charge in [0.2, 0.25) is 0 Å². The molecule has 0 amide bonds. The highest BCUT2D eigenvalue weighted by Gasteiger charge is 2.13. The molecular formula is C20H22N2O. The van der Waals surface area contributed by atoms with Crippen LogP contribution >= 0.6 is 0 Å². The number of fused-ring (bicyclic) bond motifs is 1. The van der Waals surface area contributed by atoms with Gasteiger partial charge in [0.25, 0.3) is 0 Å². The standard InChI is InChI=1S/C20H22N2O/c1-4-22(14-16-9-6-5-7-10-16)18-13-15(2)21-20-17(18)11-8-12-19(20)23-3/h5-13H,4,14H2,1-3H3. The summed E-state index contributed by atoms with van der Waals surface area (Å²) in [6.07, 6.45) is 0. The Labute approximate surface area is 137 Å². The first-order chi connectivity index (χ1) is 11.2. The number of hydrogen-bond donors (Lipinski definition) is 0. The van der Waals surface area contributed by atoms with E-state index in [0.29, 0.717) is 0 Å². The van der Waals surface area contributed by atoms with Gasteiger partial charge in [0, 0.05) is 29.9 Å². The third-order valence-electron chi connectivity index (χ3n) is 4.07. The van der Waals surface area contributed by atoms with E-state index < -0.39 is 0 Å². The summed E-state index contributed by atoms with van der Waals surface area (Å²) in [5, 5.41) is 1.13. The summed E-state index contributed by atoms with van der Waals surface area (Å²) in [4.78, 5) is 7.06. The third-order valence-corrected chi connectivity index (χ3v) is 4.07. The van der Waals surface area contributed by atoms with Crippen molar-refractivity contribution in [3.8, 4) is 5.75 Å². The van der Waals surface area contributed by atoms with Crippen molar-refractivity contribution in [2.45, 2.75) is 20.4 Å². The average Bonchev–Trinajstić information content (AvgIpc) is 2.59. The Bertz CT molecular complexity index is 799. The topological polar surface area (TPSA) is 25.4 Å². The zero-order valence-electron chi connectivity index (χ0n) is 13.9. The largest absolute Gasteiger partial charge is 0.494 e. The molecule has 0 spiro atoms. The molecular weight excluding hydrogens is 284 g/mol. The van der Waals surface area contributed by atoms with Crippen molar-refractivity contribution in [2.24, 2.45) is 0 Å². The van der Waals surface area contributed by atoms with Crippen LogP contribution in [0.1, 0.15) is 18.2 Å². The molecule has 0 aliphatic rings. The van der Waals surface area contributed by atoms with E-state index in [-0.39, 0.29) is 0 Å². The fourth-order valence-corrected chi connectivity index (χ4v) is 2.93. The lowest BCUT2D eigenvalue weighted by atomic mass is 10.1. The molecule has 0 atom stereocenters. The molecule has 23 heavy (non-hydrogen) atoms. The SMILES string of the molecule is CCN(Cc1ccccc1)c1cc(C)nc2c(OC)cccc12. The molecule has 1 aromatic heterocycles. The fourth-order valence-electron chi connectivity index (χ4n) is 2.93. The minimum Gasteiger partial charge on any atom is -0.494 e. The van der Waals surface area contributed by atoms with Crippen LogP contribution in [0.5, 0.6) is 5.75 Å². The first-order valence-electron chi connectivity index (χ1n) is 7.96. The van der Waals surface area contributed by atoms with Crippen LogP contribution in [0, 0.1) is 6.92 Å². The van der Waals surface area contributed by atoms with E-state index >= 15 is 0 Å². The highest BCUT2D eigenvalue weighted by Crippen LogP contribution is 2.32. The number of methoxy groups -OCH3 is 1. The third kappa shape index (κ3) is 3.14. The van der Waals surface area contributed by atoms with Gasteiger partial charge in [0.15, 0.2) is 0 Å². The highest BCUT2D eigenvalue weighted by molar-refractivity contribution is 5.95. The normalized spacial score (nSPS) is 10.7. The number of benzene rings is 2. The highest BCUT2D eigenvalue weighted by atomic mass is 16.5. The van der Waals surface area contributed by atoms with Crippen molar-refractivity contribution in [1.82, 2.24) is 4.98 Å². The van der Waals surface area contributed by atoms with Crippen molar-refractivity contribution in [3.63, 3.8) is 0 Å². The predicted molar refractivity (Wildman–Crippen MR) is 96.2 cm³/mol. The Morgan fingerprint density at radius 2 is 1.83 bits per heavy atom. The van der Waals surface area contributed by atoms with E-state index in [4.69, 9.17) is 4.74 Å².